The van der Waals surface area contributed by atoms with Crippen LogP contribution in [0.4, 0.5) is 10.2 Å². The SMILES string of the molecule is C=C(/N=C\c1c(CF)nc(OCC2CCN(C)C2)nc1N1CC2CCC(C1)N2)c1cccc2cccc(Cl)c12. The van der Waals surface area contributed by atoms with E-state index in [0.717, 1.165) is 61.8 Å². The number of rotatable bonds is 8. The van der Waals surface area contributed by atoms with Gasteiger partial charge in [0.25, 0.3) is 0 Å². The lowest BCUT2D eigenvalue weighted by atomic mass is 10.0. The van der Waals surface area contributed by atoms with Crippen LogP contribution in [-0.4, -0.2) is 73.0 Å². The van der Waals surface area contributed by atoms with Crippen LogP contribution in [0.25, 0.3) is 16.5 Å². The Labute approximate surface area is 233 Å². The van der Waals surface area contributed by atoms with Crippen molar-refractivity contribution in [2.75, 3.05) is 44.7 Å². The highest BCUT2D eigenvalue weighted by molar-refractivity contribution is 6.36. The Kier molecular flexibility index (Phi) is 7.51. The summed E-state index contributed by atoms with van der Waals surface area (Å²) in [7, 11) is 2.11. The first kappa shape index (κ1) is 26.2. The molecular weight excluding hydrogens is 515 g/mol. The van der Waals surface area contributed by atoms with Crippen molar-refractivity contribution in [1.82, 2.24) is 20.2 Å². The average Bonchev–Trinajstić information content (AvgIpc) is 3.53. The Morgan fingerprint density at radius 2 is 1.92 bits per heavy atom. The van der Waals surface area contributed by atoms with E-state index in [9.17, 15) is 4.39 Å². The maximum atomic E-state index is 14.5. The van der Waals surface area contributed by atoms with Gasteiger partial charge in [-0.3, -0.25) is 4.99 Å². The zero-order chi connectivity index (χ0) is 26.9. The highest BCUT2D eigenvalue weighted by Gasteiger charge is 2.34. The molecule has 3 aliphatic rings. The predicted molar refractivity (Wildman–Crippen MR) is 156 cm³/mol. The van der Waals surface area contributed by atoms with Crippen molar-refractivity contribution in [3.63, 3.8) is 0 Å². The molecule has 3 unspecified atom stereocenters. The molecule has 1 aromatic heterocycles. The van der Waals surface area contributed by atoms with Gasteiger partial charge in [-0.25, -0.2) is 4.39 Å². The third-order valence-electron chi connectivity index (χ3n) is 8.08. The molecule has 4 heterocycles. The summed E-state index contributed by atoms with van der Waals surface area (Å²) in [5.74, 6) is 1.09. The molecule has 1 N–H and O–H groups in total. The molecule has 2 aromatic carbocycles. The molecule has 7 nitrogen and oxygen atoms in total. The van der Waals surface area contributed by atoms with E-state index in [2.05, 4.69) is 33.7 Å². The van der Waals surface area contributed by atoms with Crippen molar-refractivity contribution in [2.45, 2.75) is 38.0 Å². The molecule has 9 heteroatoms. The van der Waals surface area contributed by atoms with Crippen LogP contribution in [-0.2, 0) is 6.67 Å². The topological polar surface area (TPSA) is 65.9 Å². The lowest BCUT2D eigenvalue weighted by Gasteiger charge is -2.34. The summed E-state index contributed by atoms with van der Waals surface area (Å²) in [6.45, 7) is 7.63. The summed E-state index contributed by atoms with van der Waals surface area (Å²) in [6, 6.07) is 12.7. The highest BCUT2D eigenvalue weighted by Crippen LogP contribution is 2.33. The monoisotopic (exact) mass is 548 g/mol. The molecule has 3 aromatic rings. The quantitative estimate of drug-likeness (QED) is 0.394. The van der Waals surface area contributed by atoms with Crippen LogP contribution in [0, 0.1) is 5.92 Å². The fourth-order valence-corrected chi connectivity index (χ4v) is 6.38. The summed E-state index contributed by atoms with van der Waals surface area (Å²) in [4.78, 5) is 18.6. The van der Waals surface area contributed by atoms with Gasteiger partial charge in [-0.2, -0.15) is 9.97 Å². The van der Waals surface area contributed by atoms with Gasteiger partial charge in [0, 0.05) is 59.8 Å². The van der Waals surface area contributed by atoms with Crippen LogP contribution in [0.15, 0.2) is 48.0 Å². The molecular formula is C30H34ClFN6O. The number of fused-ring (bicyclic) bond motifs is 3. The minimum absolute atomic E-state index is 0.231. The molecule has 0 radical (unpaired) electrons. The number of aliphatic imine (C=N–C) groups is 1. The van der Waals surface area contributed by atoms with Crippen LogP contribution < -0.4 is 15.0 Å². The molecule has 3 saturated heterocycles. The second-order valence-corrected chi connectivity index (χ2v) is 11.4. The van der Waals surface area contributed by atoms with Crippen molar-refractivity contribution in [1.29, 1.82) is 0 Å². The number of hydrogen-bond acceptors (Lipinski definition) is 7. The van der Waals surface area contributed by atoms with Gasteiger partial charge in [-0.05, 0) is 44.3 Å². The molecule has 204 valence electrons. The number of aromatic nitrogens is 2. The Morgan fingerprint density at radius 3 is 2.64 bits per heavy atom. The summed E-state index contributed by atoms with van der Waals surface area (Å²) >= 11 is 6.54. The van der Waals surface area contributed by atoms with E-state index in [1.807, 2.05) is 36.4 Å². The fraction of sp³-hybridized carbons (Fsp3) is 0.433. The zero-order valence-corrected chi connectivity index (χ0v) is 23.0. The van der Waals surface area contributed by atoms with Crippen molar-refractivity contribution >= 4 is 40.1 Å². The van der Waals surface area contributed by atoms with Crippen LogP contribution in [0.5, 0.6) is 6.01 Å². The number of likely N-dealkylation sites (tertiary alicyclic amines) is 1. The molecule has 3 fully saturated rings. The third-order valence-corrected chi connectivity index (χ3v) is 8.39. The number of anilines is 1. The first-order valence-corrected chi connectivity index (χ1v) is 14.1. The Bertz CT molecular complexity index is 1400. The molecule has 0 amide bonds. The van der Waals surface area contributed by atoms with Crippen LogP contribution in [0.1, 0.15) is 36.1 Å². The number of piperazine rings is 1. The van der Waals surface area contributed by atoms with Gasteiger partial charge in [-0.1, -0.05) is 48.5 Å². The first-order chi connectivity index (χ1) is 19.0. The van der Waals surface area contributed by atoms with Gasteiger partial charge in [0.2, 0.25) is 0 Å². The number of benzene rings is 2. The van der Waals surface area contributed by atoms with Gasteiger partial charge < -0.3 is 19.9 Å². The van der Waals surface area contributed by atoms with Crippen molar-refractivity contribution in [3.05, 3.63) is 64.8 Å². The van der Waals surface area contributed by atoms with E-state index in [1.54, 1.807) is 6.21 Å². The molecule has 0 spiro atoms. The van der Waals surface area contributed by atoms with Crippen LogP contribution >= 0.6 is 11.6 Å². The Balaban J connectivity index is 1.34. The predicted octanol–water partition coefficient (Wildman–Crippen LogP) is 5.11. The molecule has 3 aliphatic heterocycles. The van der Waals surface area contributed by atoms with E-state index in [0.29, 0.717) is 46.7 Å². The zero-order valence-electron chi connectivity index (χ0n) is 22.2. The number of hydrogen-bond donors (Lipinski definition) is 1. The van der Waals surface area contributed by atoms with E-state index >= 15 is 0 Å². The van der Waals surface area contributed by atoms with Crippen molar-refractivity contribution in [3.8, 4) is 6.01 Å². The van der Waals surface area contributed by atoms with E-state index < -0.39 is 6.67 Å². The van der Waals surface area contributed by atoms with Gasteiger partial charge in [0.15, 0.2) is 0 Å². The van der Waals surface area contributed by atoms with E-state index in [1.165, 1.54) is 0 Å². The minimum Gasteiger partial charge on any atom is -0.463 e. The number of ether oxygens (including phenoxy) is 1. The van der Waals surface area contributed by atoms with Gasteiger partial charge in [0.1, 0.15) is 12.5 Å². The summed E-state index contributed by atoms with van der Waals surface area (Å²) in [5, 5.41) is 6.20. The highest BCUT2D eigenvalue weighted by atomic mass is 35.5. The molecule has 0 saturated carbocycles. The summed E-state index contributed by atoms with van der Waals surface area (Å²) in [5.41, 5.74) is 2.21. The fourth-order valence-electron chi connectivity index (χ4n) is 6.09. The van der Waals surface area contributed by atoms with Gasteiger partial charge in [-0.15, -0.1) is 0 Å². The maximum Gasteiger partial charge on any atom is 0.318 e. The van der Waals surface area contributed by atoms with Crippen molar-refractivity contribution in [2.24, 2.45) is 10.9 Å². The first-order valence-electron chi connectivity index (χ1n) is 13.7. The number of halogens is 2. The standard InChI is InChI=1S/C30H34ClFN6O/c1-19(24-7-3-5-21-6-4-8-26(31)28(21)24)33-14-25-27(13-32)35-30(39-18-20-11-12-37(2)15-20)36-29(25)38-16-22-9-10-23(17-38)34-22/h3-8,14,20,22-23,34H,1,9-13,15-18H2,2H3/b33-14-. The summed E-state index contributed by atoms with van der Waals surface area (Å²) < 4.78 is 20.6. The van der Waals surface area contributed by atoms with E-state index in [4.69, 9.17) is 26.3 Å². The Morgan fingerprint density at radius 1 is 1.15 bits per heavy atom. The number of nitrogens with zero attached hydrogens (tertiary/aromatic N) is 5. The largest absolute Gasteiger partial charge is 0.463 e. The number of alkyl halides is 1. The summed E-state index contributed by atoms with van der Waals surface area (Å²) in [6.07, 6.45) is 4.99. The van der Waals surface area contributed by atoms with Gasteiger partial charge >= 0.3 is 6.01 Å². The Hall–Kier alpha value is -3.07. The molecule has 3 atom stereocenters. The average molecular weight is 549 g/mol. The second kappa shape index (κ2) is 11.2. The minimum atomic E-state index is -0.745. The maximum absolute atomic E-state index is 14.5. The smallest absolute Gasteiger partial charge is 0.318 e. The number of nitrogens with one attached hydrogen (secondary N) is 1. The molecule has 6 rings (SSSR count). The van der Waals surface area contributed by atoms with Gasteiger partial charge in [0.05, 0.1) is 23.6 Å². The second-order valence-electron chi connectivity index (χ2n) is 10.9. The van der Waals surface area contributed by atoms with Crippen molar-refractivity contribution < 1.29 is 9.13 Å². The lowest BCUT2D eigenvalue weighted by molar-refractivity contribution is 0.231. The third kappa shape index (κ3) is 5.51. The normalized spacial score (nSPS) is 23.3. The lowest BCUT2D eigenvalue weighted by Crippen LogP contribution is -2.51. The van der Waals surface area contributed by atoms with Crippen LogP contribution in [0.3, 0.4) is 0 Å². The van der Waals surface area contributed by atoms with E-state index in [-0.39, 0.29) is 11.7 Å². The van der Waals surface area contributed by atoms with Crippen LogP contribution in [0.2, 0.25) is 5.02 Å². The molecule has 0 aliphatic carbocycles. The molecule has 2 bridgehead atoms. The molecule has 39 heavy (non-hydrogen) atoms.